The number of aryl methyl sites for hydroxylation is 1. The summed E-state index contributed by atoms with van der Waals surface area (Å²) in [6, 6.07) is 3.26. The molecule has 0 aliphatic rings. The summed E-state index contributed by atoms with van der Waals surface area (Å²) in [5, 5.41) is 10.4. The quantitative estimate of drug-likeness (QED) is 0.669. The molecule has 0 fully saturated rings. The molecular weight excluding hydrogens is 335 g/mol. The molecule has 0 spiro atoms. The number of aromatic hydroxyl groups is 1. The Balaban J connectivity index is 2.58. The Morgan fingerprint density at radius 2 is 1.96 bits per heavy atom. The highest BCUT2D eigenvalue weighted by Crippen LogP contribution is 2.38. The molecule has 0 atom stereocenters. The number of rotatable bonds is 3. The van der Waals surface area contributed by atoms with E-state index in [0.717, 1.165) is 5.56 Å². The Labute approximate surface area is 150 Å². The van der Waals surface area contributed by atoms with E-state index in [0.29, 0.717) is 11.3 Å². The van der Waals surface area contributed by atoms with Crippen LogP contribution in [0.3, 0.4) is 0 Å². The van der Waals surface area contributed by atoms with Gasteiger partial charge in [0.15, 0.2) is 5.82 Å². The predicted octanol–water partition coefficient (Wildman–Crippen LogP) is 3.29. The number of aromatic nitrogens is 2. The second-order valence-electron chi connectivity index (χ2n) is 6.71. The van der Waals surface area contributed by atoms with Crippen molar-refractivity contribution in [2.24, 2.45) is 5.73 Å². The van der Waals surface area contributed by atoms with E-state index in [-0.39, 0.29) is 39.6 Å². The highest BCUT2D eigenvalue weighted by molar-refractivity contribution is 6.11. The summed E-state index contributed by atoms with van der Waals surface area (Å²) in [5.41, 5.74) is 13.9. The van der Waals surface area contributed by atoms with E-state index in [4.69, 9.17) is 11.5 Å². The average molecular weight is 356 g/mol. The zero-order valence-electron chi connectivity index (χ0n) is 15.1. The minimum atomic E-state index is -0.764. The van der Waals surface area contributed by atoms with Crippen molar-refractivity contribution < 1.29 is 14.3 Å². The number of fused-ring (bicyclic) bond motifs is 1. The van der Waals surface area contributed by atoms with Crippen LogP contribution in [0.4, 0.5) is 10.2 Å². The summed E-state index contributed by atoms with van der Waals surface area (Å²) in [6.07, 6.45) is 1.42. The molecule has 0 unspecified atom stereocenters. The van der Waals surface area contributed by atoms with Gasteiger partial charge in [0.25, 0.3) is 5.91 Å². The monoisotopic (exact) mass is 356 g/mol. The summed E-state index contributed by atoms with van der Waals surface area (Å²) in [6.45, 7) is 7.18. The van der Waals surface area contributed by atoms with Gasteiger partial charge in [-0.1, -0.05) is 19.9 Å². The normalized spacial score (nSPS) is 11.5. The lowest BCUT2D eigenvalue weighted by Gasteiger charge is -2.17. The number of primary amides is 1. The van der Waals surface area contributed by atoms with Crippen molar-refractivity contribution >= 4 is 22.6 Å². The van der Waals surface area contributed by atoms with Gasteiger partial charge in [-0.05, 0) is 31.4 Å². The van der Waals surface area contributed by atoms with Gasteiger partial charge in [0.05, 0.1) is 22.5 Å². The number of carbonyl (C=O) groups excluding carboxylic acids is 1. The average Bonchev–Trinajstić information content (AvgIpc) is 2.85. The van der Waals surface area contributed by atoms with Gasteiger partial charge in [0.2, 0.25) is 0 Å². The number of benzene rings is 1. The number of pyridine rings is 1. The van der Waals surface area contributed by atoms with E-state index in [1.807, 2.05) is 20.8 Å². The van der Waals surface area contributed by atoms with Crippen LogP contribution in [0.25, 0.3) is 16.6 Å². The summed E-state index contributed by atoms with van der Waals surface area (Å²) >= 11 is 0. The van der Waals surface area contributed by atoms with E-state index in [1.165, 1.54) is 10.8 Å². The van der Waals surface area contributed by atoms with Crippen LogP contribution in [-0.4, -0.2) is 20.6 Å². The van der Waals surface area contributed by atoms with Crippen LogP contribution in [0, 0.1) is 19.7 Å². The van der Waals surface area contributed by atoms with Gasteiger partial charge in [0.1, 0.15) is 11.6 Å². The fraction of sp³-hybridized carbons (Fsp3) is 0.263. The lowest BCUT2D eigenvalue weighted by atomic mass is 10.1. The van der Waals surface area contributed by atoms with E-state index in [9.17, 15) is 9.90 Å². The molecule has 5 N–H and O–H groups in total. The number of anilines is 1. The van der Waals surface area contributed by atoms with Gasteiger partial charge < -0.3 is 16.6 Å². The van der Waals surface area contributed by atoms with Crippen molar-refractivity contribution in [2.45, 2.75) is 33.6 Å². The Bertz CT molecular complexity index is 1050. The van der Waals surface area contributed by atoms with Gasteiger partial charge >= 0.3 is 0 Å². The van der Waals surface area contributed by atoms with E-state index in [1.54, 1.807) is 19.1 Å². The van der Waals surface area contributed by atoms with Crippen LogP contribution >= 0.6 is 0 Å². The number of nitrogens with two attached hydrogens (primary N) is 2. The molecule has 2 aromatic heterocycles. The lowest BCUT2D eigenvalue weighted by molar-refractivity contribution is 0.100. The molecule has 26 heavy (non-hydrogen) atoms. The summed E-state index contributed by atoms with van der Waals surface area (Å²) in [4.78, 5) is 16.1. The molecule has 0 saturated heterocycles. The lowest BCUT2D eigenvalue weighted by Crippen LogP contribution is -2.14. The number of nitrogen functional groups attached to an aromatic ring is 1. The third-order valence-corrected chi connectivity index (χ3v) is 4.63. The van der Waals surface area contributed by atoms with Crippen molar-refractivity contribution in [1.82, 2.24) is 9.55 Å². The summed E-state index contributed by atoms with van der Waals surface area (Å²) < 4.78 is 16.8. The SMILES string of the molecule is Cc1ccc(O)c(C)c1-n1c(N)c(C(N)=O)c2cnc(C(C)C)c(F)c21. The van der Waals surface area contributed by atoms with Gasteiger partial charge in [-0.2, -0.15) is 0 Å². The molecule has 3 aromatic rings. The Morgan fingerprint density at radius 1 is 1.31 bits per heavy atom. The topological polar surface area (TPSA) is 107 Å². The van der Waals surface area contributed by atoms with Crippen molar-refractivity contribution in [3.8, 4) is 11.4 Å². The number of hydrogen-bond acceptors (Lipinski definition) is 4. The first kappa shape index (κ1) is 17.7. The molecular formula is C19H21FN4O2. The highest BCUT2D eigenvalue weighted by Gasteiger charge is 2.27. The van der Waals surface area contributed by atoms with Crippen molar-refractivity contribution in [3.63, 3.8) is 0 Å². The van der Waals surface area contributed by atoms with Crippen molar-refractivity contribution in [3.05, 3.63) is 46.5 Å². The molecule has 1 aromatic carbocycles. The van der Waals surface area contributed by atoms with Crippen molar-refractivity contribution in [1.29, 1.82) is 0 Å². The van der Waals surface area contributed by atoms with Gasteiger partial charge in [-0.25, -0.2) is 4.39 Å². The van der Waals surface area contributed by atoms with Crippen LogP contribution < -0.4 is 11.5 Å². The standard InChI is InChI=1S/C19H21FN4O2/c1-8(2)15-14(20)17-11(7-23-15)13(19(22)26)18(21)24(17)16-9(3)5-6-12(25)10(16)4/h5-8,25H,21H2,1-4H3,(H2,22,26). The molecule has 0 radical (unpaired) electrons. The fourth-order valence-corrected chi connectivity index (χ4v) is 3.33. The first-order valence-electron chi connectivity index (χ1n) is 8.24. The maximum atomic E-state index is 15.3. The molecule has 0 aliphatic heterocycles. The Morgan fingerprint density at radius 3 is 2.54 bits per heavy atom. The third kappa shape index (κ3) is 2.39. The number of phenolic OH excluding ortho intramolecular Hbond substituents is 1. The molecule has 7 heteroatoms. The molecule has 0 saturated carbocycles. The zero-order chi connectivity index (χ0) is 19.3. The molecule has 3 rings (SSSR count). The Hall–Kier alpha value is -3.09. The highest BCUT2D eigenvalue weighted by atomic mass is 19.1. The van der Waals surface area contributed by atoms with Gasteiger partial charge in [-0.3, -0.25) is 14.3 Å². The number of halogens is 1. The Kier molecular flexibility index (Phi) is 4.10. The largest absolute Gasteiger partial charge is 0.508 e. The maximum Gasteiger partial charge on any atom is 0.253 e. The van der Waals surface area contributed by atoms with Crippen LogP contribution in [0.1, 0.15) is 46.9 Å². The molecule has 136 valence electrons. The number of hydrogen-bond donors (Lipinski definition) is 3. The third-order valence-electron chi connectivity index (χ3n) is 4.63. The van der Waals surface area contributed by atoms with Gasteiger partial charge in [0, 0.05) is 17.1 Å². The predicted molar refractivity (Wildman–Crippen MR) is 99.2 cm³/mol. The zero-order valence-corrected chi connectivity index (χ0v) is 15.1. The minimum Gasteiger partial charge on any atom is -0.508 e. The maximum absolute atomic E-state index is 15.3. The van der Waals surface area contributed by atoms with Crippen LogP contribution in [0.2, 0.25) is 0 Å². The number of nitrogens with zero attached hydrogens (tertiary/aromatic N) is 2. The molecule has 2 heterocycles. The summed E-state index contributed by atoms with van der Waals surface area (Å²) in [7, 11) is 0. The first-order valence-corrected chi connectivity index (χ1v) is 8.24. The van der Waals surface area contributed by atoms with E-state index in [2.05, 4.69) is 4.98 Å². The molecule has 0 bridgehead atoms. The van der Waals surface area contributed by atoms with Crippen LogP contribution in [-0.2, 0) is 0 Å². The molecule has 1 amide bonds. The summed E-state index contributed by atoms with van der Waals surface area (Å²) in [5.74, 6) is -1.41. The van der Waals surface area contributed by atoms with E-state index < -0.39 is 11.7 Å². The smallest absolute Gasteiger partial charge is 0.253 e. The molecule has 0 aliphatic carbocycles. The van der Waals surface area contributed by atoms with Crippen molar-refractivity contribution in [2.75, 3.05) is 5.73 Å². The van der Waals surface area contributed by atoms with Gasteiger partial charge in [-0.15, -0.1) is 0 Å². The van der Waals surface area contributed by atoms with Crippen LogP contribution in [0.15, 0.2) is 18.3 Å². The minimum absolute atomic E-state index is 0.0175. The fourth-order valence-electron chi connectivity index (χ4n) is 3.33. The second-order valence-corrected chi connectivity index (χ2v) is 6.71. The van der Waals surface area contributed by atoms with E-state index >= 15 is 4.39 Å². The number of amides is 1. The van der Waals surface area contributed by atoms with Crippen LogP contribution in [0.5, 0.6) is 5.75 Å². The second kappa shape index (κ2) is 6.01. The number of carbonyl (C=O) groups is 1. The molecule has 6 nitrogen and oxygen atoms in total. The first-order chi connectivity index (χ1) is 12.2. The number of phenols is 1.